The summed E-state index contributed by atoms with van der Waals surface area (Å²) < 4.78 is 0. The molecule has 5 nitrogen and oxygen atoms in total. The first-order valence-corrected chi connectivity index (χ1v) is 7.43. The zero-order chi connectivity index (χ0) is 14.9. The van der Waals surface area contributed by atoms with Crippen molar-refractivity contribution in [2.24, 2.45) is 10.7 Å². The number of nitrogens with zero attached hydrogens (tertiary/aromatic N) is 2. The Kier molecular flexibility index (Phi) is 8.57. The van der Waals surface area contributed by atoms with E-state index in [-0.39, 0.29) is 24.0 Å². The highest BCUT2D eigenvalue weighted by atomic mass is 127. The molecule has 0 aliphatic heterocycles. The predicted octanol–water partition coefficient (Wildman–Crippen LogP) is 2.97. The Morgan fingerprint density at radius 1 is 1.18 bits per heavy atom. The first-order valence-electron chi connectivity index (χ1n) is 7.43. The van der Waals surface area contributed by atoms with Crippen LogP contribution in [0, 0.1) is 0 Å². The van der Waals surface area contributed by atoms with Crippen molar-refractivity contribution in [3.63, 3.8) is 0 Å². The fourth-order valence-corrected chi connectivity index (χ4v) is 1.96. The molecule has 22 heavy (non-hydrogen) atoms. The molecule has 0 bridgehead atoms. The number of benzene rings is 1. The number of halogens is 1. The van der Waals surface area contributed by atoms with Gasteiger partial charge in [0.05, 0.1) is 5.52 Å². The van der Waals surface area contributed by atoms with Gasteiger partial charge < -0.3 is 16.4 Å². The molecule has 0 aliphatic rings. The molecule has 1 heterocycles. The first kappa shape index (κ1) is 18.5. The summed E-state index contributed by atoms with van der Waals surface area (Å²) in [5.41, 5.74) is 6.76. The Morgan fingerprint density at radius 3 is 2.82 bits per heavy atom. The summed E-state index contributed by atoms with van der Waals surface area (Å²) in [6.45, 7) is 4.39. The molecule has 2 aromatic rings. The number of pyridine rings is 1. The van der Waals surface area contributed by atoms with E-state index in [9.17, 15) is 0 Å². The number of nitrogens with two attached hydrogens (primary N) is 1. The topological polar surface area (TPSA) is 75.3 Å². The highest BCUT2D eigenvalue weighted by Gasteiger charge is 1.97. The van der Waals surface area contributed by atoms with E-state index in [1.54, 1.807) is 0 Å². The fraction of sp³-hybridized carbons (Fsp3) is 0.375. The monoisotopic (exact) mass is 413 g/mol. The van der Waals surface area contributed by atoms with Crippen LogP contribution < -0.4 is 16.4 Å². The second-order valence-corrected chi connectivity index (χ2v) is 4.86. The van der Waals surface area contributed by atoms with Crippen molar-refractivity contribution in [2.45, 2.75) is 19.8 Å². The number of hydrogen-bond donors (Lipinski definition) is 3. The van der Waals surface area contributed by atoms with E-state index < -0.39 is 0 Å². The Balaban J connectivity index is 0.00000242. The standard InChI is InChI=1S/C16H23N5.HI/c1-2-3-10-19-16(17)20-12-11-18-15-9-8-13-6-4-5-7-14(13)21-15;/h4-9H,2-3,10-12H2,1H3,(H,18,21)(H3,17,19,20);1H. The zero-order valence-corrected chi connectivity index (χ0v) is 15.2. The van der Waals surface area contributed by atoms with Crippen LogP contribution in [-0.4, -0.2) is 30.6 Å². The van der Waals surface area contributed by atoms with E-state index in [2.05, 4.69) is 39.7 Å². The lowest BCUT2D eigenvalue weighted by Gasteiger charge is -2.08. The van der Waals surface area contributed by atoms with Gasteiger partial charge in [-0.3, -0.25) is 4.99 Å². The third-order valence-corrected chi connectivity index (χ3v) is 3.13. The van der Waals surface area contributed by atoms with E-state index in [4.69, 9.17) is 5.73 Å². The van der Waals surface area contributed by atoms with Crippen LogP contribution in [0.5, 0.6) is 0 Å². The van der Waals surface area contributed by atoms with Gasteiger partial charge in [-0.2, -0.15) is 0 Å². The van der Waals surface area contributed by atoms with E-state index in [1.165, 1.54) is 0 Å². The van der Waals surface area contributed by atoms with Gasteiger partial charge in [-0.05, 0) is 24.6 Å². The van der Waals surface area contributed by atoms with E-state index >= 15 is 0 Å². The molecule has 6 heteroatoms. The van der Waals surface area contributed by atoms with Gasteiger partial charge in [0.15, 0.2) is 5.96 Å². The van der Waals surface area contributed by atoms with Crippen LogP contribution in [0.3, 0.4) is 0 Å². The number of nitrogens with one attached hydrogen (secondary N) is 2. The zero-order valence-electron chi connectivity index (χ0n) is 12.9. The number of aromatic nitrogens is 1. The maximum atomic E-state index is 5.76. The lowest BCUT2D eigenvalue weighted by Crippen LogP contribution is -2.35. The largest absolute Gasteiger partial charge is 0.370 e. The van der Waals surface area contributed by atoms with Gasteiger partial charge in [-0.25, -0.2) is 4.98 Å². The van der Waals surface area contributed by atoms with Crippen molar-refractivity contribution in [2.75, 3.05) is 25.0 Å². The van der Waals surface area contributed by atoms with E-state index in [0.717, 1.165) is 49.2 Å². The third kappa shape index (κ3) is 6.05. The molecule has 0 fully saturated rings. The van der Waals surface area contributed by atoms with E-state index in [0.29, 0.717) is 5.96 Å². The fourth-order valence-electron chi connectivity index (χ4n) is 1.96. The summed E-state index contributed by atoms with van der Waals surface area (Å²) >= 11 is 0. The number of hydrogen-bond acceptors (Lipinski definition) is 3. The summed E-state index contributed by atoms with van der Waals surface area (Å²) in [6.07, 6.45) is 2.20. The molecule has 1 aromatic carbocycles. The van der Waals surface area contributed by atoms with Crippen molar-refractivity contribution in [1.82, 2.24) is 10.3 Å². The Labute approximate surface area is 148 Å². The SMILES string of the molecule is CCCCN=C(N)NCCNc1ccc2ccccc2n1.I. The van der Waals surface area contributed by atoms with Gasteiger partial charge in [0, 0.05) is 25.0 Å². The van der Waals surface area contributed by atoms with Crippen LogP contribution in [0.2, 0.25) is 0 Å². The maximum absolute atomic E-state index is 5.76. The highest BCUT2D eigenvalue weighted by molar-refractivity contribution is 14.0. The molecule has 4 N–H and O–H groups in total. The molecule has 0 saturated carbocycles. The molecule has 0 radical (unpaired) electrons. The molecule has 0 unspecified atom stereocenters. The quantitative estimate of drug-likeness (QED) is 0.282. The Bertz CT molecular complexity index is 600. The molecule has 0 aliphatic carbocycles. The van der Waals surface area contributed by atoms with Crippen molar-refractivity contribution in [3.8, 4) is 0 Å². The van der Waals surface area contributed by atoms with Gasteiger partial charge in [0.25, 0.3) is 0 Å². The normalized spacial score (nSPS) is 11.0. The summed E-state index contributed by atoms with van der Waals surface area (Å²) in [5, 5.41) is 7.51. The number of fused-ring (bicyclic) bond motifs is 1. The average molecular weight is 413 g/mol. The second-order valence-electron chi connectivity index (χ2n) is 4.86. The van der Waals surface area contributed by atoms with Crippen LogP contribution in [-0.2, 0) is 0 Å². The minimum absolute atomic E-state index is 0. The molecule has 0 atom stereocenters. The second kappa shape index (κ2) is 10.2. The number of guanidine groups is 1. The lowest BCUT2D eigenvalue weighted by molar-refractivity contribution is 0.795. The average Bonchev–Trinajstić information content (AvgIpc) is 2.52. The number of para-hydroxylation sites is 1. The molecule has 0 amide bonds. The number of unbranched alkanes of at least 4 members (excludes halogenated alkanes) is 1. The smallest absolute Gasteiger partial charge is 0.188 e. The van der Waals surface area contributed by atoms with Crippen molar-refractivity contribution >= 4 is 46.7 Å². The van der Waals surface area contributed by atoms with Crippen molar-refractivity contribution in [1.29, 1.82) is 0 Å². The molecule has 1 aromatic heterocycles. The van der Waals surface area contributed by atoms with E-state index in [1.807, 2.05) is 24.3 Å². The van der Waals surface area contributed by atoms with Gasteiger partial charge in [-0.15, -0.1) is 24.0 Å². The summed E-state index contributed by atoms with van der Waals surface area (Å²) in [7, 11) is 0. The minimum Gasteiger partial charge on any atom is -0.370 e. The maximum Gasteiger partial charge on any atom is 0.188 e. The van der Waals surface area contributed by atoms with Crippen LogP contribution >= 0.6 is 24.0 Å². The summed E-state index contributed by atoms with van der Waals surface area (Å²) in [5.74, 6) is 1.38. The Morgan fingerprint density at radius 2 is 2.00 bits per heavy atom. The molecule has 0 spiro atoms. The van der Waals surface area contributed by atoms with Crippen LogP contribution in [0.1, 0.15) is 19.8 Å². The molecular weight excluding hydrogens is 389 g/mol. The van der Waals surface area contributed by atoms with Gasteiger partial charge >= 0.3 is 0 Å². The molecule has 2 rings (SSSR count). The summed E-state index contributed by atoms with van der Waals surface area (Å²) in [4.78, 5) is 8.79. The van der Waals surface area contributed by atoms with Crippen molar-refractivity contribution in [3.05, 3.63) is 36.4 Å². The number of aliphatic imine (C=N–C) groups is 1. The summed E-state index contributed by atoms with van der Waals surface area (Å²) in [6, 6.07) is 12.1. The highest BCUT2D eigenvalue weighted by Crippen LogP contribution is 2.13. The van der Waals surface area contributed by atoms with Gasteiger partial charge in [0.2, 0.25) is 0 Å². The van der Waals surface area contributed by atoms with Crippen LogP contribution in [0.25, 0.3) is 10.9 Å². The third-order valence-electron chi connectivity index (χ3n) is 3.13. The lowest BCUT2D eigenvalue weighted by atomic mass is 10.2. The number of anilines is 1. The van der Waals surface area contributed by atoms with Gasteiger partial charge in [-0.1, -0.05) is 31.5 Å². The molecule has 0 saturated heterocycles. The van der Waals surface area contributed by atoms with Crippen molar-refractivity contribution < 1.29 is 0 Å². The Hall–Kier alpha value is -1.57. The molecule has 120 valence electrons. The first-order chi connectivity index (χ1) is 10.3. The van der Waals surface area contributed by atoms with Gasteiger partial charge in [0.1, 0.15) is 5.82 Å². The van der Waals surface area contributed by atoms with Crippen LogP contribution in [0.4, 0.5) is 5.82 Å². The predicted molar refractivity (Wildman–Crippen MR) is 105 cm³/mol. The van der Waals surface area contributed by atoms with Crippen LogP contribution in [0.15, 0.2) is 41.4 Å². The molecular formula is C16H24IN5. The number of rotatable bonds is 7. The minimum atomic E-state index is 0.